The Morgan fingerprint density at radius 1 is 1.25 bits per heavy atom. The number of anilines is 1. The fourth-order valence-electron chi connectivity index (χ4n) is 2.50. The second-order valence-electron chi connectivity index (χ2n) is 5.70. The number of hydrogen-bond acceptors (Lipinski definition) is 7. The number of aromatic hydroxyl groups is 1. The van der Waals surface area contributed by atoms with Crippen LogP contribution >= 0.6 is 0 Å². The first kappa shape index (κ1) is 19.0. The zero-order chi connectivity index (χ0) is 19.9. The number of nitrogens with one attached hydrogen (secondary N) is 2. The molecule has 8 heteroatoms. The van der Waals surface area contributed by atoms with Crippen LogP contribution in [0.5, 0.6) is 17.2 Å². The number of ether oxygens (including phenoxy) is 2. The number of nitrogens with zero attached hydrogens (tertiary/aromatic N) is 2. The molecule has 0 aliphatic carbocycles. The van der Waals surface area contributed by atoms with Gasteiger partial charge in [0, 0.05) is 17.2 Å². The highest BCUT2D eigenvalue weighted by Crippen LogP contribution is 2.28. The van der Waals surface area contributed by atoms with Crippen LogP contribution in [0.2, 0.25) is 0 Å². The minimum absolute atomic E-state index is 0.0108. The molecule has 8 nitrogen and oxygen atoms in total. The van der Waals surface area contributed by atoms with Crippen molar-refractivity contribution < 1.29 is 14.6 Å². The predicted molar refractivity (Wildman–Crippen MR) is 107 cm³/mol. The summed E-state index contributed by atoms with van der Waals surface area (Å²) < 4.78 is 10.5. The molecule has 0 radical (unpaired) electrons. The lowest BCUT2D eigenvalue weighted by Crippen LogP contribution is -2.10. The molecule has 1 heterocycles. The van der Waals surface area contributed by atoms with E-state index in [-0.39, 0.29) is 17.3 Å². The highest BCUT2D eigenvalue weighted by atomic mass is 16.5. The van der Waals surface area contributed by atoms with Crippen molar-refractivity contribution in [2.45, 2.75) is 6.92 Å². The van der Waals surface area contributed by atoms with Crippen molar-refractivity contribution in [2.75, 3.05) is 19.1 Å². The van der Waals surface area contributed by atoms with Crippen molar-refractivity contribution in [1.82, 2.24) is 9.97 Å². The molecular formula is C20H20N4O4. The largest absolute Gasteiger partial charge is 0.504 e. The maximum Gasteiger partial charge on any atom is 0.252 e. The van der Waals surface area contributed by atoms with E-state index in [0.29, 0.717) is 29.4 Å². The average Bonchev–Trinajstić information content (AvgIpc) is 2.70. The van der Waals surface area contributed by atoms with E-state index in [0.717, 1.165) is 5.56 Å². The fourth-order valence-corrected chi connectivity index (χ4v) is 2.50. The minimum atomic E-state index is -0.320. The van der Waals surface area contributed by atoms with Crippen molar-refractivity contribution in [1.29, 1.82) is 0 Å². The SMILES string of the molecule is CCOc1cccc(/C=N\Nc2nc(-c3ccc(OC)cc3)cc(=O)[nH]2)c1O. The number of methoxy groups -OCH3 is 1. The molecule has 0 bridgehead atoms. The van der Waals surface area contributed by atoms with Gasteiger partial charge >= 0.3 is 0 Å². The van der Waals surface area contributed by atoms with E-state index in [1.54, 1.807) is 37.4 Å². The van der Waals surface area contributed by atoms with E-state index in [1.165, 1.54) is 12.3 Å². The van der Waals surface area contributed by atoms with E-state index in [2.05, 4.69) is 20.5 Å². The number of rotatable bonds is 7. The van der Waals surface area contributed by atoms with Gasteiger partial charge in [-0.05, 0) is 43.3 Å². The molecule has 0 aliphatic heterocycles. The first-order chi connectivity index (χ1) is 13.6. The summed E-state index contributed by atoms with van der Waals surface area (Å²) in [5.41, 5.74) is 4.07. The molecule has 28 heavy (non-hydrogen) atoms. The maximum atomic E-state index is 11.9. The number of hydrazone groups is 1. The Labute approximate surface area is 161 Å². The summed E-state index contributed by atoms with van der Waals surface area (Å²) in [6, 6.07) is 13.7. The molecule has 0 spiro atoms. The van der Waals surface area contributed by atoms with Crippen LogP contribution in [-0.4, -0.2) is 35.0 Å². The van der Waals surface area contributed by atoms with Gasteiger partial charge in [0.05, 0.1) is 25.6 Å². The first-order valence-electron chi connectivity index (χ1n) is 8.60. The minimum Gasteiger partial charge on any atom is -0.504 e. The summed E-state index contributed by atoms with van der Waals surface area (Å²) in [5.74, 6) is 1.25. The van der Waals surface area contributed by atoms with Gasteiger partial charge in [0.2, 0.25) is 5.95 Å². The number of aromatic nitrogens is 2. The summed E-state index contributed by atoms with van der Waals surface area (Å²) in [7, 11) is 1.59. The number of hydrogen-bond donors (Lipinski definition) is 3. The van der Waals surface area contributed by atoms with E-state index in [4.69, 9.17) is 9.47 Å². The fraction of sp³-hybridized carbons (Fsp3) is 0.150. The maximum absolute atomic E-state index is 11.9. The second kappa shape index (κ2) is 8.72. The molecule has 0 amide bonds. The molecule has 2 aromatic carbocycles. The normalized spacial score (nSPS) is 10.8. The lowest BCUT2D eigenvalue weighted by Gasteiger charge is -2.07. The van der Waals surface area contributed by atoms with Crippen molar-refractivity contribution >= 4 is 12.2 Å². The lowest BCUT2D eigenvalue weighted by molar-refractivity contribution is 0.318. The first-order valence-corrected chi connectivity index (χ1v) is 8.60. The van der Waals surface area contributed by atoms with Crippen molar-refractivity contribution in [3.63, 3.8) is 0 Å². The molecule has 3 rings (SSSR count). The summed E-state index contributed by atoms with van der Waals surface area (Å²) in [5, 5.41) is 14.2. The number of phenols is 1. The Bertz CT molecular complexity index is 1030. The number of para-hydroxylation sites is 1. The van der Waals surface area contributed by atoms with Gasteiger partial charge in [-0.2, -0.15) is 5.10 Å². The Kier molecular flexibility index (Phi) is 5.91. The average molecular weight is 380 g/mol. The van der Waals surface area contributed by atoms with Crippen LogP contribution in [0.3, 0.4) is 0 Å². The van der Waals surface area contributed by atoms with Crippen molar-refractivity contribution in [3.05, 3.63) is 64.4 Å². The Hall–Kier alpha value is -3.81. The van der Waals surface area contributed by atoms with Crippen molar-refractivity contribution in [3.8, 4) is 28.5 Å². The van der Waals surface area contributed by atoms with E-state index in [1.807, 2.05) is 19.1 Å². The Morgan fingerprint density at radius 3 is 2.75 bits per heavy atom. The van der Waals surface area contributed by atoms with Crippen LogP contribution < -0.4 is 20.5 Å². The number of H-pyrrole nitrogens is 1. The molecule has 0 atom stereocenters. The summed E-state index contributed by atoms with van der Waals surface area (Å²) in [4.78, 5) is 18.9. The van der Waals surface area contributed by atoms with Gasteiger partial charge < -0.3 is 14.6 Å². The number of benzene rings is 2. The van der Waals surface area contributed by atoms with Crippen LogP contribution in [-0.2, 0) is 0 Å². The Morgan fingerprint density at radius 2 is 2.04 bits per heavy atom. The highest BCUT2D eigenvalue weighted by Gasteiger charge is 2.07. The predicted octanol–water partition coefficient (Wildman–Crippen LogP) is 3.00. The topological polar surface area (TPSA) is 109 Å². The van der Waals surface area contributed by atoms with E-state index in [9.17, 15) is 9.90 Å². The van der Waals surface area contributed by atoms with Gasteiger partial charge in [-0.25, -0.2) is 10.4 Å². The van der Waals surface area contributed by atoms with Crippen molar-refractivity contribution in [2.24, 2.45) is 5.10 Å². The molecule has 0 saturated carbocycles. The third-order valence-corrected chi connectivity index (χ3v) is 3.83. The molecule has 0 aliphatic rings. The Balaban J connectivity index is 1.79. The zero-order valence-electron chi connectivity index (χ0n) is 15.5. The molecule has 0 saturated heterocycles. The van der Waals surface area contributed by atoms with Crippen LogP contribution in [0.1, 0.15) is 12.5 Å². The third-order valence-electron chi connectivity index (χ3n) is 3.83. The smallest absolute Gasteiger partial charge is 0.252 e. The quantitative estimate of drug-likeness (QED) is 0.429. The monoisotopic (exact) mass is 380 g/mol. The summed E-state index contributed by atoms with van der Waals surface area (Å²) >= 11 is 0. The standard InChI is InChI=1S/C20H20N4O4/c1-3-28-17-6-4-5-14(19(17)26)12-21-24-20-22-16(11-18(25)23-20)13-7-9-15(27-2)10-8-13/h4-12,26H,3H2,1-2H3,(H2,22,23,24,25)/b21-12-. The molecular weight excluding hydrogens is 360 g/mol. The van der Waals surface area contributed by atoms with Gasteiger partial charge in [0.15, 0.2) is 11.5 Å². The number of phenolic OH excluding ortho intramolecular Hbond substituents is 1. The molecule has 0 fully saturated rings. The van der Waals surface area contributed by atoms with Crippen LogP contribution in [0.25, 0.3) is 11.3 Å². The molecule has 3 N–H and O–H groups in total. The highest BCUT2D eigenvalue weighted by molar-refractivity contribution is 5.85. The van der Waals surface area contributed by atoms with Gasteiger partial charge in [-0.1, -0.05) is 6.07 Å². The van der Waals surface area contributed by atoms with Crippen LogP contribution in [0, 0.1) is 0 Å². The van der Waals surface area contributed by atoms with Gasteiger partial charge in [0.25, 0.3) is 5.56 Å². The van der Waals surface area contributed by atoms with Gasteiger partial charge in [-0.3, -0.25) is 9.78 Å². The molecule has 1 aromatic heterocycles. The molecule has 3 aromatic rings. The van der Waals surface area contributed by atoms with Crippen LogP contribution in [0.15, 0.2) is 58.4 Å². The van der Waals surface area contributed by atoms with Gasteiger partial charge in [-0.15, -0.1) is 0 Å². The molecule has 144 valence electrons. The van der Waals surface area contributed by atoms with E-state index >= 15 is 0 Å². The van der Waals surface area contributed by atoms with E-state index < -0.39 is 0 Å². The summed E-state index contributed by atoms with van der Waals surface area (Å²) in [6.45, 7) is 2.27. The summed E-state index contributed by atoms with van der Waals surface area (Å²) in [6.07, 6.45) is 1.41. The zero-order valence-corrected chi connectivity index (χ0v) is 15.5. The second-order valence-corrected chi connectivity index (χ2v) is 5.70. The number of aromatic amines is 1. The molecule has 0 unspecified atom stereocenters. The lowest BCUT2D eigenvalue weighted by atomic mass is 10.1. The van der Waals surface area contributed by atoms with Crippen LogP contribution in [0.4, 0.5) is 5.95 Å². The third kappa shape index (κ3) is 4.47. The van der Waals surface area contributed by atoms with Gasteiger partial charge in [0.1, 0.15) is 5.75 Å².